The van der Waals surface area contributed by atoms with Gasteiger partial charge in [-0.25, -0.2) is 4.98 Å². The highest BCUT2D eigenvalue weighted by Gasteiger charge is 2.03. The van der Waals surface area contributed by atoms with Crippen LogP contribution in [0.25, 0.3) is 0 Å². The fourth-order valence-corrected chi connectivity index (χ4v) is 2.05. The third-order valence-corrected chi connectivity index (χ3v) is 2.95. The summed E-state index contributed by atoms with van der Waals surface area (Å²) in [4.78, 5) is 8.23. The van der Waals surface area contributed by atoms with E-state index in [1.54, 1.807) is 6.92 Å². The van der Waals surface area contributed by atoms with Crippen molar-refractivity contribution >= 4 is 32.4 Å². The van der Waals surface area contributed by atoms with Crippen LogP contribution in [0.3, 0.4) is 0 Å². The molecule has 0 aliphatic rings. The Morgan fingerprint density at radius 1 is 1.57 bits per heavy atom. The Morgan fingerprint density at radius 2 is 2.43 bits per heavy atom. The third kappa shape index (κ3) is 2.30. The largest absolute Gasteiger partial charge is 0.354 e. The summed E-state index contributed by atoms with van der Waals surface area (Å²) in [5.74, 6) is 1.20. The van der Waals surface area contributed by atoms with Crippen molar-refractivity contribution in [1.82, 2.24) is 15.1 Å². The first kappa shape index (κ1) is 9.60. The van der Waals surface area contributed by atoms with Crippen molar-refractivity contribution < 1.29 is 4.52 Å². The zero-order chi connectivity index (χ0) is 9.97. The highest BCUT2D eigenvalue weighted by Crippen LogP contribution is 2.19. The molecule has 2 rings (SSSR count). The van der Waals surface area contributed by atoms with Gasteiger partial charge in [-0.15, -0.1) is 11.3 Å². The lowest BCUT2D eigenvalue weighted by Crippen LogP contribution is -2.00. The van der Waals surface area contributed by atoms with Crippen molar-refractivity contribution in [3.63, 3.8) is 0 Å². The molecule has 0 aromatic carbocycles. The molecule has 0 spiro atoms. The molecule has 0 radical (unpaired) electrons. The zero-order valence-electron chi connectivity index (χ0n) is 7.32. The van der Waals surface area contributed by atoms with Gasteiger partial charge in [0.15, 0.2) is 11.0 Å². The molecule has 0 saturated heterocycles. The summed E-state index contributed by atoms with van der Waals surface area (Å²) in [7, 11) is 0. The Morgan fingerprint density at radius 3 is 3.00 bits per heavy atom. The zero-order valence-corrected chi connectivity index (χ0v) is 9.72. The molecule has 2 heterocycles. The second-order valence-corrected chi connectivity index (χ2v) is 4.23. The monoisotopic (exact) mass is 274 g/mol. The van der Waals surface area contributed by atoms with Crippen molar-refractivity contribution in [3.05, 3.63) is 21.7 Å². The van der Waals surface area contributed by atoms with Crippen LogP contribution in [0.2, 0.25) is 0 Å². The maximum atomic E-state index is 4.83. The Hall–Kier alpha value is -0.950. The predicted octanol–water partition coefficient (Wildman–Crippen LogP) is 2.21. The van der Waals surface area contributed by atoms with Crippen molar-refractivity contribution in [2.45, 2.75) is 13.5 Å². The van der Waals surface area contributed by atoms with Gasteiger partial charge in [-0.05, 0) is 15.9 Å². The first-order valence-electron chi connectivity index (χ1n) is 3.88. The Bertz CT molecular complexity index is 387. The van der Waals surface area contributed by atoms with E-state index in [-0.39, 0.29) is 0 Å². The molecule has 7 heteroatoms. The number of nitrogens with zero attached hydrogens (tertiary/aromatic N) is 3. The van der Waals surface area contributed by atoms with Gasteiger partial charge in [0.2, 0.25) is 5.89 Å². The van der Waals surface area contributed by atoms with E-state index in [0.717, 1.165) is 9.73 Å². The molecule has 0 bridgehead atoms. The van der Waals surface area contributed by atoms with Crippen LogP contribution < -0.4 is 5.32 Å². The van der Waals surface area contributed by atoms with Crippen LogP contribution in [0.4, 0.5) is 5.13 Å². The smallest absolute Gasteiger partial charge is 0.223 e. The molecule has 74 valence electrons. The molecule has 0 saturated carbocycles. The van der Waals surface area contributed by atoms with E-state index in [0.29, 0.717) is 18.3 Å². The normalized spacial score (nSPS) is 10.4. The summed E-state index contributed by atoms with van der Waals surface area (Å²) in [5, 5.41) is 9.58. The van der Waals surface area contributed by atoms with Crippen LogP contribution in [0.1, 0.15) is 11.7 Å². The topological polar surface area (TPSA) is 63.8 Å². The Balaban J connectivity index is 1.94. The van der Waals surface area contributed by atoms with Gasteiger partial charge in [0.25, 0.3) is 0 Å². The van der Waals surface area contributed by atoms with Crippen LogP contribution in [-0.2, 0) is 6.54 Å². The van der Waals surface area contributed by atoms with E-state index in [2.05, 4.69) is 36.4 Å². The summed E-state index contributed by atoms with van der Waals surface area (Å²) >= 11 is 4.79. The van der Waals surface area contributed by atoms with E-state index in [9.17, 15) is 0 Å². The molecule has 2 aromatic rings. The van der Waals surface area contributed by atoms with Gasteiger partial charge >= 0.3 is 0 Å². The van der Waals surface area contributed by atoms with Gasteiger partial charge < -0.3 is 9.84 Å². The summed E-state index contributed by atoms with van der Waals surface area (Å²) in [5.41, 5.74) is 0. The number of aryl methyl sites for hydroxylation is 1. The second-order valence-electron chi connectivity index (χ2n) is 2.56. The van der Waals surface area contributed by atoms with Crippen molar-refractivity contribution in [2.75, 3.05) is 5.32 Å². The molecular formula is C7H7BrN4OS. The fraction of sp³-hybridized carbons (Fsp3) is 0.286. The average Bonchev–Trinajstić information content (AvgIpc) is 2.72. The average molecular weight is 275 g/mol. The van der Waals surface area contributed by atoms with Crippen LogP contribution in [0.15, 0.2) is 14.5 Å². The SMILES string of the molecule is Cc1nc(CNc2nc(Br)cs2)no1. The number of halogens is 1. The number of hydrogen-bond acceptors (Lipinski definition) is 6. The molecule has 0 aliphatic heterocycles. The van der Waals surface area contributed by atoms with Gasteiger partial charge in [-0.2, -0.15) is 4.98 Å². The molecule has 2 aromatic heterocycles. The van der Waals surface area contributed by atoms with Crippen molar-refractivity contribution in [3.8, 4) is 0 Å². The van der Waals surface area contributed by atoms with E-state index in [1.165, 1.54) is 11.3 Å². The molecule has 0 fully saturated rings. The first-order valence-corrected chi connectivity index (χ1v) is 5.55. The quantitative estimate of drug-likeness (QED) is 0.930. The number of hydrogen-bond donors (Lipinski definition) is 1. The maximum Gasteiger partial charge on any atom is 0.223 e. The number of aromatic nitrogens is 3. The van der Waals surface area contributed by atoms with Crippen molar-refractivity contribution in [2.24, 2.45) is 0 Å². The highest BCUT2D eigenvalue weighted by atomic mass is 79.9. The van der Waals surface area contributed by atoms with Crippen LogP contribution in [0.5, 0.6) is 0 Å². The Kier molecular flexibility index (Phi) is 2.78. The second kappa shape index (κ2) is 4.05. The molecule has 0 amide bonds. The molecule has 0 aliphatic carbocycles. The van der Waals surface area contributed by atoms with Gasteiger partial charge in [0.1, 0.15) is 4.60 Å². The van der Waals surface area contributed by atoms with Gasteiger partial charge in [0, 0.05) is 12.3 Å². The lowest BCUT2D eigenvalue weighted by Gasteiger charge is -1.95. The van der Waals surface area contributed by atoms with Gasteiger partial charge in [-0.1, -0.05) is 5.16 Å². The van der Waals surface area contributed by atoms with Crippen molar-refractivity contribution in [1.29, 1.82) is 0 Å². The number of rotatable bonds is 3. The van der Waals surface area contributed by atoms with E-state index >= 15 is 0 Å². The van der Waals surface area contributed by atoms with Crippen LogP contribution in [-0.4, -0.2) is 15.1 Å². The van der Waals surface area contributed by atoms with Gasteiger partial charge in [-0.3, -0.25) is 0 Å². The lowest BCUT2D eigenvalue weighted by molar-refractivity contribution is 0.388. The minimum atomic E-state index is 0.525. The van der Waals surface area contributed by atoms with E-state index in [1.807, 2.05) is 5.38 Å². The highest BCUT2D eigenvalue weighted by molar-refractivity contribution is 9.10. The third-order valence-electron chi connectivity index (χ3n) is 1.44. The standard InChI is InChI=1S/C7H7BrN4OS/c1-4-10-6(12-13-4)2-9-7-11-5(8)3-14-7/h3H,2H2,1H3,(H,9,11). The predicted molar refractivity (Wildman–Crippen MR) is 56.2 cm³/mol. The van der Waals surface area contributed by atoms with Gasteiger partial charge in [0.05, 0.1) is 6.54 Å². The number of nitrogens with one attached hydrogen (secondary N) is 1. The minimum Gasteiger partial charge on any atom is -0.354 e. The van der Waals surface area contributed by atoms with E-state index < -0.39 is 0 Å². The summed E-state index contributed by atoms with van der Waals surface area (Å²) in [6, 6.07) is 0. The molecule has 0 atom stereocenters. The molecule has 5 nitrogen and oxygen atoms in total. The van der Waals surface area contributed by atoms with Crippen LogP contribution >= 0.6 is 27.3 Å². The van der Waals surface area contributed by atoms with E-state index in [4.69, 9.17) is 4.52 Å². The molecule has 0 unspecified atom stereocenters. The summed E-state index contributed by atoms with van der Waals surface area (Å²) in [6.07, 6.45) is 0. The number of thiazole rings is 1. The molecule has 1 N–H and O–H groups in total. The van der Waals surface area contributed by atoms with Crippen LogP contribution in [0, 0.1) is 6.92 Å². The first-order chi connectivity index (χ1) is 6.74. The minimum absolute atomic E-state index is 0.525. The number of anilines is 1. The summed E-state index contributed by atoms with van der Waals surface area (Å²) < 4.78 is 5.66. The lowest BCUT2D eigenvalue weighted by atomic mass is 10.6. The molecule has 14 heavy (non-hydrogen) atoms. The Labute approximate surface area is 92.7 Å². The maximum absolute atomic E-state index is 4.83. The summed E-state index contributed by atoms with van der Waals surface area (Å²) in [6.45, 7) is 2.29. The molecular weight excluding hydrogens is 268 g/mol. The fourth-order valence-electron chi connectivity index (χ4n) is 0.903.